The van der Waals surface area contributed by atoms with Crippen LogP contribution in [-0.2, 0) is 0 Å². The molecule has 6 nitrogen and oxygen atoms in total. The van der Waals surface area contributed by atoms with Crippen LogP contribution < -0.4 is 11.1 Å². The van der Waals surface area contributed by atoms with E-state index in [4.69, 9.17) is 10.3 Å². The third-order valence-corrected chi connectivity index (χ3v) is 2.41. The molecule has 0 spiro atoms. The van der Waals surface area contributed by atoms with E-state index >= 15 is 0 Å². The predicted molar refractivity (Wildman–Crippen MR) is 66.9 cm³/mol. The maximum Gasteiger partial charge on any atom is 0.292 e. The van der Waals surface area contributed by atoms with Crippen molar-refractivity contribution in [2.24, 2.45) is 0 Å². The van der Waals surface area contributed by atoms with Crippen LogP contribution in [0, 0.1) is 6.92 Å². The highest BCUT2D eigenvalue weighted by Crippen LogP contribution is 2.25. The van der Waals surface area contributed by atoms with Gasteiger partial charge in [-0.05, 0) is 26.0 Å². The summed E-state index contributed by atoms with van der Waals surface area (Å²) in [6.07, 6.45) is 0. The minimum atomic E-state index is -0.362. The number of rotatable bonds is 3. The van der Waals surface area contributed by atoms with Crippen LogP contribution in [0.15, 0.2) is 22.7 Å². The van der Waals surface area contributed by atoms with Crippen LogP contribution in [0.3, 0.4) is 0 Å². The van der Waals surface area contributed by atoms with Crippen LogP contribution in [0.5, 0.6) is 0 Å². The molecule has 3 N–H and O–H groups in total. The van der Waals surface area contributed by atoms with Gasteiger partial charge < -0.3 is 15.6 Å². The molecule has 0 aliphatic heterocycles. The van der Waals surface area contributed by atoms with Gasteiger partial charge in [-0.3, -0.25) is 4.79 Å². The van der Waals surface area contributed by atoms with E-state index in [-0.39, 0.29) is 17.6 Å². The molecule has 0 bridgehead atoms. The minimum Gasteiger partial charge on any atom is -0.398 e. The van der Waals surface area contributed by atoms with Crippen LogP contribution in [0.1, 0.15) is 23.1 Å². The highest BCUT2D eigenvalue weighted by molar-refractivity contribution is 5.90. The second kappa shape index (κ2) is 4.87. The van der Waals surface area contributed by atoms with E-state index in [9.17, 15) is 4.79 Å². The number of carbonyl (C=O) groups excluding carboxylic acids is 1. The lowest BCUT2D eigenvalue weighted by molar-refractivity contribution is 0.0942. The van der Waals surface area contributed by atoms with E-state index in [0.29, 0.717) is 17.8 Å². The van der Waals surface area contributed by atoms with E-state index in [2.05, 4.69) is 15.5 Å². The van der Waals surface area contributed by atoms with Gasteiger partial charge in [-0.2, -0.15) is 4.98 Å². The number of carbonyl (C=O) groups is 1. The number of nitrogen functional groups attached to an aromatic ring is 1. The maximum atomic E-state index is 11.5. The van der Waals surface area contributed by atoms with Gasteiger partial charge in [0.05, 0.1) is 5.56 Å². The minimum absolute atomic E-state index is 0.00718. The van der Waals surface area contributed by atoms with Gasteiger partial charge in [-0.1, -0.05) is 16.8 Å². The molecule has 1 amide bonds. The average Bonchev–Trinajstić information content (AvgIpc) is 2.82. The molecule has 2 rings (SSSR count). The lowest BCUT2D eigenvalue weighted by Gasteiger charge is -2.01. The first kappa shape index (κ1) is 12.1. The van der Waals surface area contributed by atoms with Gasteiger partial charge in [0, 0.05) is 12.2 Å². The SMILES string of the molecule is CCNC(=O)c1noc(-c2cc(C)ccc2N)n1. The Labute approximate surface area is 104 Å². The lowest BCUT2D eigenvalue weighted by Crippen LogP contribution is -2.23. The largest absolute Gasteiger partial charge is 0.398 e. The van der Waals surface area contributed by atoms with E-state index in [0.717, 1.165) is 5.56 Å². The Bertz CT molecular complexity index is 577. The van der Waals surface area contributed by atoms with Crippen LogP contribution in [0.2, 0.25) is 0 Å². The number of amides is 1. The van der Waals surface area contributed by atoms with Gasteiger partial charge in [-0.25, -0.2) is 0 Å². The molecule has 0 unspecified atom stereocenters. The Morgan fingerprint density at radius 2 is 2.28 bits per heavy atom. The highest BCUT2D eigenvalue weighted by atomic mass is 16.5. The summed E-state index contributed by atoms with van der Waals surface area (Å²) in [6, 6.07) is 5.49. The molecule has 0 aliphatic rings. The van der Waals surface area contributed by atoms with Crippen molar-refractivity contribution in [2.45, 2.75) is 13.8 Å². The average molecular weight is 246 g/mol. The number of hydrogen-bond acceptors (Lipinski definition) is 5. The maximum absolute atomic E-state index is 11.5. The molecule has 0 fully saturated rings. The number of hydrogen-bond donors (Lipinski definition) is 2. The summed E-state index contributed by atoms with van der Waals surface area (Å²) >= 11 is 0. The Morgan fingerprint density at radius 1 is 1.50 bits per heavy atom. The zero-order chi connectivity index (χ0) is 13.1. The molecule has 1 aromatic heterocycles. The number of nitrogens with two attached hydrogens (primary N) is 1. The number of aromatic nitrogens is 2. The fraction of sp³-hybridized carbons (Fsp3) is 0.250. The Balaban J connectivity index is 2.35. The van der Waals surface area contributed by atoms with Crippen LogP contribution in [0.25, 0.3) is 11.5 Å². The van der Waals surface area contributed by atoms with Gasteiger partial charge in [0.1, 0.15) is 0 Å². The van der Waals surface area contributed by atoms with E-state index < -0.39 is 0 Å². The van der Waals surface area contributed by atoms with Gasteiger partial charge in [-0.15, -0.1) is 0 Å². The topological polar surface area (TPSA) is 94.0 Å². The molecular formula is C12H14N4O2. The van der Waals surface area contributed by atoms with Crippen LogP contribution in [-0.4, -0.2) is 22.6 Å². The fourth-order valence-corrected chi connectivity index (χ4v) is 1.52. The first-order valence-corrected chi connectivity index (χ1v) is 5.60. The molecule has 0 aliphatic carbocycles. The number of aryl methyl sites for hydroxylation is 1. The van der Waals surface area contributed by atoms with Crippen molar-refractivity contribution in [3.63, 3.8) is 0 Å². The smallest absolute Gasteiger partial charge is 0.292 e. The lowest BCUT2D eigenvalue weighted by atomic mass is 10.1. The molecule has 6 heteroatoms. The summed E-state index contributed by atoms with van der Waals surface area (Å²) < 4.78 is 5.05. The van der Waals surface area contributed by atoms with Gasteiger partial charge in [0.2, 0.25) is 0 Å². The van der Waals surface area contributed by atoms with Crippen molar-refractivity contribution in [1.29, 1.82) is 0 Å². The fourth-order valence-electron chi connectivity index (χ4n) is 1.52. The number of nitrogens with zero attached hydrogens (tertiary/aromatic N) is 2. The molecule has 2 aromatic rings. The third-order valence-electron chi connectivity index (χ3n) is 2.41. The zero-order valence-electron chi connectivity index (χ0n) is 10.2. The van der Waals surface area contributed by atoms with Crippen molar-refractivity contribution >= 4 is 11.6 Å². The number of benzene rings is 1. The normalized spacial score (nSPS) is 10.3. The Morgan fingerprint density at radius 3 is 3.00 bits per heavy atom. The second-order valence-electron chi connectivity index (χ2n) is 3.87. The van der Waals surface area contributed by atoms with Crippen molar-refractivity contribution in [3.8, 4) is 11.5 Å². The Kier molecular flexibility index (Phi) is 3.27. The molecule has 18 heavy (non-hydrogen) atoms. The molecule has 0 saturated carbocycles. The van der Waals surface area contributed by atoms with Crippen molar-refractivity contribution in [1.82, 2.24) is 15.5 Å². The van der Waals surface area contributed by atoms with E-state index in [1.165, 1.54) is 0 Å². The molecule has 0 atom stereocenters. The third kappa shape index (κ3) is 2.32. The quantitative estimate of drug-likeness (QED) is 0.798. The molecule has 1 heterocycles. The van der Waals surface area contributed by atoms with Gasteiger partial charge in [0.15, 0.2) is 0 Å². The van der Waals surface area contributed by atoms with Crippen LogP contribution in [0.4, 0.5) is 5.69 Å². The summed E-state index contributed by atoms with van der Waals surface area (Å²) in [7, 11) is 0. The molecule has 0 radical (unpaired) electrons. The highest BCUT2D eigenvalue weighted by Gasteiger charge is 2.16. The summed E-state index contributed by atoms with van der Waals surface area (Å²) in [6.45, 7) is 4.26. The predicted octanol–water partition coefficient (Wildman–Crippen LogP) is 1.38. The van der Waals surface area contributed by atoms with Crippen LogP contribution >= 0.6 is 0 Å². The monoisotopic (exact) mass is 246 g/mol. The summed E-state index contributed by atoms with van der Waals surface area (Å²) in [4.78, 5) is 15.5. The molecule has 94 valence electrons. The van der Waals surface area contributed by atoms with Gasteiger partial charge >= 0.3 is 0 Å². The summed E-state index contributed by atoms with van der Waals surface area (Å²) in [5, 5.41) is 6.23. The Hall–Kier alpha value is -2.37. The first-order chi connectivity index (χ1) is 8.61. The standard InChI is InChI=1S/C12H14N4O2/c1-3-14-11(17)10-15-12(18-16-10)8-6-7(2)4-5-9(8)13/h4-6H,3,13H2,1-2H3,(H,14,17). The zero-order valence-corrected chi connectivity index (χ0v) is 10.2. The summed E-state index contributed by atoms with van der Waals surface area (Å²) in [5.74, 6) is -0.107. The van der Waals surface area contributed by atoms with Crippen molar-refractivity contribution in [2.75, 3.05) is 12.3 Å². The van der Waals surface area contributed by atoms with Crippen molar-refractivity contribution in [3.05, 3.63) is 29.6 Å². The second-order valence-corrected chi connectivity index (χ2v) is 3.87. The van der Waals surface area contributed by atoms with Crippen molar-refractivity contribution < 1.29 is 9.32 Å². The number of anilines is 1. The van der Waals surface area contributed by atoms with E-state index in [1.807, 2.05) is 26.0 Å². The summed E-state index contributed by atoms with van der Waals surface area (Å²) in [5.41, 5.74) is 8.03. The first-order valence-electron chi connectivity index (χ1n) is 5.60. The molecule has 1 aromatic carbocycles. The molecule has 0 saturated heterocycles. The van der Waals surface area contributed by atoms with E-state index in [1.54, 1.807) is 6.07 Å². The molecular weight excluding hydrogens is 232 g/mol. The van der Waals surface area contributed by atoms with Gasteiger partial charge in [0.25, 0.3) is 17.6 Å². The number of nitrogens with one attached hydrogen (secondary N) is 1.